The molecule has 0 aliphatic heterocycles. The molecule has 0 saturated heterocycles. The second-order valence-electron chi connectivity index (χ2n) is 3.47. The quantitative estimate of drug-likeness (QED) is 0.739. The Hall–Kier alpha value is -2.83. The number of nitrogens with zero attached hydrogens (tertiary/aromatic N) is 2. The average molecular weight is 247 g/mol. The molecule has 0 radical (unpaired) electrons. The molecular weight excluding hydrogens is 238 g/mol. The third-order valence-corrected chi connectivity index (χ3v) is 2.33. The van der Waals surface area contributed by atoms with Crippen molar-refractivity contribution >= 4 is 17.6 Å². The van der Waals surface area contributed by atoms with Crippen LogP contribution in [0.15, 0.2) is 30.3 Å². The van der Waals surface area contributed by atoms with Crippen molar-refractivity contribution in [3.8, 4) is 5.69 Å². The van der Waals surface area contributed by atoms with Crippen molar-refractivity contribution in [3.05, 3.63) is 41.7 Å². The molecule has 2 rings (SSSR count). The van der Waals surface area contributed by atoms with E-state index in [1.54, 1.807) is 30.3 Å². The highest BCUT2D eigenvalue weighted by Gasteiger charge is 2.25. The number of nitrogens with two attached hydrogens (primary N) is 1. The van der Waals surface area contributed by atoms with Gasteiger partial charge in [0.05, 0.1) is 5.69 Å². The van der Waals surface area contributed by atoms with E-state index < -0.39 is 17.6 Å². The molecule has 0 bridgehead atoms. The Kier molecular flexibility index (Phi) is 2.72. The van der Waals surface area contributed by atoms with E-state index in [9.17, 15) is 9.59 Å². The van der Waals surface area contributed by atoms with Crippen molar-refractivity contribution in [2.75, 3.05) is 5.73 Å². The van der Waals surface area contributed by atoms with Crippen LogP contribution < -0.4 is 5.73 Å². The third kappa shape index (κ3) is 1.77. The number of aromatic nitrogens is 2. The van der Waals surface area contributed by atoms with Crippen molar-refractivity contribution < 1.29 is 19.8 Å². The van der Waals surface area contributed by atoms with Crippen LogP contribution in [0.5, 0.6) is 0 Å². The van der Waals surface area contributed by atoms with E-state index in [0.717, 1.165) is 4.68 Å². The van der Waals surface area contributed by atoms with Gasteiger partial charge in [-0.05, 0) is 12.1 Å². The normalized spacial score (nSPS) is 10.2. The minimum Gasteiger partial charge on any atom is -0.476 e. The van der Waals surface area contributed by atoms with E-state index in [0.29, 0.717) is 5.69 Å². The largest absolute Gasteiger partial charge is 0.476 e. The lowest BCUT2D eigenvalue weighted by atomic mass is 10.2. The Morgan fingerprint density at radius 2 is 1.72 bits per heavy atom. The van der Waals surface area contributed by atoms with Crippen LogP contribution in [-0.4, -0.2) is 31.9 Å². The number of carbonyl (C=O) groups is 2. The monoisotopic (exact) mass is 247 g/mol. The van der Waals surface area contributed by atoms with Crippen LogP contribution in [-0.2, 0) is 0 Å². The number of hydrogen-bond acceptors (Lipinski definition) is 4. The van der Waals surface area contributed by atoms with Gasteiger partial charge in [-0.15, -0.1) is 0 Å². The molecule has 4 N–H and O–H groups in total. The van der Waals surface area contributed by atoms with Crippen LogP contribution in [0.25, 0.3) is 5.69 Å². The van der Waals surface area contributed by atoms with E-state index >= 15 is 0 Å². The van der Waals surface area contributed by atoms with E-state index in [1.165, 1.54) is 0 Å². The standard InChI is InChI=1S/C11H9N3O4/c12-7-8(10(15)16)13-14(9(7)11(17)18)6-4-2-1-3-5-6/h1-5H,12H2,(H,15,16)(H,17,18). The number of hydrogen-bond donors (Lipinski definition) is 3. The molecule has 7 heteroatoms. The van der Waals surface area contributed by atoms with Crippen molar-refractivity contribution in [1.82, 2.24) is 9.78 Å². The summed E-state index contributed by atoms with van der Waals surface area (Å²) in [5.41, 5.74) is 4.72. The first-order chi connectivity index (χ1) is 8.52. The molecule has 0 fully saturated rings. The van der Waals surface area contributed by atoms with Crippen molar-refractivity contribution in [3.63, 3.8) is 0 Å². The van der Waals surface area contributed by atoms with Gasteiger partial charge in [0.1, 0.15) is 5.69 Å². The number of carboxylic acids is 2. The topological polar surface area (TPSA) is 118 Å². The lowest BCUT2D eigenvalue weighted by Gasteiger charge is -2.03. The maximum absolute atomic E-state index is 11.1. The van der Waals surface area contributed by atoms with E-state index in [-0.39, 0.29) is 11.4 Å². The highest BCUT2D eigenvalue weighted by atomic mass is 16.4. The predicted molar refractivity (Wildman–Crippen MR) is 61.9 cm³/mol. The van der Waals surface area contributed by atoms with Gasteiger partial charge in [0.2, 0.25) is 0 Å². The molecule has 0 saturated carbocycles. The highest BCUT2D eigenvalue weighted by Crippen LogP contribution is 2.21. The maximum Gasteiger partial charge on any atom is 0.358 e. The molecule has 92 valence electrons. The zero-order chi connectivity index (χ0) is 13.3. The Morgan fingerprint density at radius 3 is 2.22 bits per heavy atom. The number of nitrogen functional groups attached to an aromatic ring is 1. The minimum absolute atomic E-state index is 0.362. The van der Waals surface area contributed by atoms with Crippen LogP contribution in [0.3, 0.4) is 0 Å². The summed E-state index contributed by atoms with van der Waals surface area (Å²) >= 11 is 0. The van der Waals surface area contributed by atoms with Gasteiger partial charge in [-0.2, -0.15) is 5.10 Å². The number of carboxylic acid groups (broad SMARTS) is 2. The molecule has 0 amide bonds. The van der Waals surface area contributed by atoms with E-state index in [4.69, 9.17) is 15.9 Å². The molecule has 0 unspecified atom stereocenters. The van der Waals surface area contributed by atoms with Crippen LogP contribution in [0.2, 0.25) is 0 Å². The van der Waals surface area contributed by atoms with Gasteiger partial charge in [-0.3, -0.25) is 0 Å². The minimum atomic E-state index is -1.37. The van der Waals surface area contributed by atoms with Gasteiger partial charge >= 0.3 is 11.9 Å². The van der Waals surface area contributed by atoms with Gasteiger partial charge in [0.15, 0.2) is 11.4 Å². The number of aromatic carboxylic acids is 2. The van der Waals surface area contributed by atoms with Crippen molar-refractivity contribution in [2.24, 2.45) is 0 Å². The van der Waals surface area contributed by atoms with Gasteiger partial charge in [-0.25, -0.2) is 14.3 Å². The SMILES string of the molecule is Nc1c(C(=O)O)nn(-c2ccccc2)c1C(=O)O. The van der Waals surface area contributed by atoms with Crippen LogP contribution in [0.1, 0.15) is 21.0 Å². The van der Waals surface area contributed by atoms with E-state index in [2.05, 4.69) is 5.10 Å². The number of anilines is 1. The predicted octanol–water partition coefficient (Wildman–Crippen LogP) is 0.851. The van der Waals surface area contributed by atoms with Crippen LogP contribution in [0.4, 0.5) is 5.69 Å². The first kappa shape index (κ1) is 11.6. The molecule has 0 atom stereocenters. The summed E-state index contributed by atoms with van der Waals surface area (Å²) in [4.78, 5) is 22.0. The smallest absolute Gasteiger partial charge is 0.358 e. The van der Waals surface area contributed by atoms with Crippen LogP contribution >= 0.6 is 0 Å². The molecule has 0 spiro atoms. The number of rotatable bonds is 3. The first-order valence-corrected chi connectivity index (χ1v) is 4.93. The lowest BCUT2D eigenvalue weighted by Crippen LogP contribution is -2.09. The fourth-order valence-electron chi connectivity index (χ4n) is 1.55. The molecule has 0 aliphatic rings. The second-order valence-corrected chi connectivity index (χ2v) is 3.47. The van der Waals surface area contributed by atoms with Crippen molar-refractivity contribution in [1.29, 1.82) is 0 Å². The summed E-state index contributed by atoms with van der Waals surface area (Å²) in [6, 6.07) is 8.31. The zero-order valence-electron chi connectivity index (χ0n) is 9.07. The summed E-state index contributed by atoms with van der Waals surface area (Å²) in [6.45, 7) is 0. The lowest BCUT2D eigenvalue weighted by molar-refractivity contribution is 0.0679. The Morgan fingerprint density at radius 1 is 1.11 bits per heavy atom. The van der Waals surface area contributed by atoms with Gasteiger partial charge < -0.3 is 15.9 Å². The molecule has 2 aromatic rings. The molecular formula is C11H9N3O4. The van der Waals surface area contributed by atoms with Gasteiger partial charge in [-0.1, -0.05) is 18.2 Å². The molecule has 7 nitrogen and oxygen atoms in total. The Labute approximate surface area is 101 Å². The Bertz CT molecular complexity index is 619. The second kappa shape index (κ2) is 4.21. The third-order valence-electron chi connectivity index (χ3n) is 2.33. The highest BCUT2D eigenvalue weighted by molar-refractivity contribution is 6.00. The molecule has 1 aromatic carbocycles. The molecule has 1 heterocycles. The fourth-order valence-corrected chi connectivity index (χ4v) is 1.55. The first-order valence-electron chi connectivity index (χ1n) is 4.93. The Balaban J connectivity index is 2.71. The summed E-state index contributed by atoms with van der Waals surface area (Å²) in [7, 11) is 0. The van der Waals surface area contributed by atoms with E-state index in [1.807, 2.05) is 0 Å². The van der Waals surface area contributed by atoms with Crippen LogP contribution in [0, 0.1) is 0 Å². The van der Waals surface area contributed by atoms with Gasteiger partial charge in [0.25, 0.3) is 0 Å². The van der Waals surface area contributed by atoms with Gasteiger partial charge in [0, 0.05) is 0 Å². The molecule has 1 aromatic heterocycles. The number of benzene rings is 1. The summed E-state index contributed by atoms with van der Waals surface area (Å²) < 4.78 is 1.00. The van der Waals surface area contributed by atoms with Crippen molar-refractivity contribution in [2.45, 2.75) is 0 Å². The molecule has 0 aliphatic carbocycles. The number of para-hydroxylation sites is 1. The molecule has 18 heavy (non-hydrogen) atoms. The zero-order valence-corrected chi connectivity index (χ0v) is 9.07. The maximum atomic E-state index is 11.1. The summed E-state index contributed by atoms with van der Waals surface area (Å²) in [6.07, 6.45) is 0. The summed E-state index contributed by atoms with van der Waals surface area (Å²) in [5, 5.41) is 21.7. The summed E-state index contributed by atoms with van der Waals surface area (Å²) in [5.74, 6) is -2.71. The fraction of sp³-hybridized carbons (Fsp3) is 0. The average Bonchev–Trinajstić information content (AvgIpc) is 2.68.